The van der Waals surface area contributed by atoms with Crippen molar-refractivity contribution in [2.45, 2.75) is 58.2 Å². The number of carbonyl (C=O) groups excluding carboxylic acids is 1. The Kier molecular flexibility index (Phi) is 2.15. The summed E-state index contributed by atoms with van der Waals surface area (Å²) in [6.07, 6.45) is -0.726. The first kappa shape index (κ1) is 10.9. The smallest absolute Gasteiger partial charge is 0.411 e. The van der Waals surface area contributed by atoms with E-state index in [0.29, 0.717) is 6.42 Å². The lowest BCUT2D eigenvalue weighted by Crippen LogP contribution is -2.45. The van der Waals surface area contributed by atoms with Crippen molar-refractivity contribution in [1.82, 2.24) is 4.90 Å². The molecule has 1 saturated carbocycles. The van der Waals surface area contributed by atoms with Crippen LogP contribution in [0.1, 0.15) is 41.9 Å². The topological polar surface area (TPSA) is 66.8 Å². The van der Waals surface area contributed by atoms with Crippen molar-refractivity contribution in [3.8, 4) is 0 Å². The highest BCUT2D eigenvalue weighted by molar-refractivity contribution is 5.82. The zero-order chi connectivity index (χ0) is 13.9. The Labute approximate surface area is 102 Å². The summed E-state index contributed by atoms with van der Waals surface area (Å²) in [7, 11) is 0. The summed E-state index contributed by atoms with van der Waals surface area (Å²) in [6.45, 7) is 7.07. The molecule has 0 aromatic carbocycles. The van der Waals surface area contributed by atoms with Crippen molar-refractivity contribution >= 4 is 12.1 Å². The zero-order valence-electron chi connectivity index (χ0n) is 11.6. The highest BCUT2D eigenvalue weighted by Crippen LogP contribution is 2.59. The van der Waals surface area contributed by atoms with E-state index in [-0.39, 0.29) is 11.5 Å². The molecule has 1 saturated heterocycles. The average Bonchev–Trinajstić information content (AvgIpc) is 2.77. The summed E-state index contributed by atoms with van der Waals surface area (Å²) in [4.78, 5) is 24.5. The molecule has 0 bridgehead atoms. The minimum atomic E-state index is -1.13. The van der Waals surface area contributed by atoms with Crippen LogP contribution in [0.25, 0.3) is 0 Å². The fourth-order valence-electron chi connectivity index (χ4n) is 2.33. The summed E-state index contributed by atoms with van der Waals surface area (Å²) in [6, 6.07) is -1.26. The number of rotatable bonds is 1. The molecule has 5 heteroatoms. The Balaban J connectivity index is 2.21. The van der Waals surface area contributed by atoms with E-state index in [1.807, 2.05) is 6.92 Å². The van der Waals surface area contributed by atoms with E-state index in [0.717, 1.165) is 0 Å². The van der Waals surface area contributed by atoms with Crippen LogP contribution in [-0.4, -0.2) is 39.8 Å². The van der Waals surface area contributed by atoms with Crippen LogP contribution >= 0.6 is 0 Å². The number of carboxylic acids is 1. The van der Waals surface area contributed by atoms with E-state index in [1.165, 1.54) is 4.90 Å². The maximum atomic E-state index is 12.1. The van der Waals surface area contributed by atoms with Gasteiger partial charge in [-0.05, 0) is 39.0 Å². The molecule has 1 N–H and O–H groups in total. The van der Waals surface area contributed by atoms with Crippen molar-refractivity contribution < 1.29 is 20.8 Å². The van der Waals surface area contributed by atoms with Crippen molar-refractivity contribution in [2.24, 2.45) is 5.41 Å². The third-order valence-electron chi connectivity index (χ3n) is 3.27. The largest absolute Gasteiger partial charge is 0.480 e. The molecule has 2 rings (SSSR count). The predicted molar refractivity (Wildman–Crippen MR) is 60.6 cm³/mol. The quantitative estimate of drug-likeness (QED) is 0.762. The average molecular weight is 242 g/mol. The lowest BCUT2D eigenvalue weighted by Gasteiger charge is -2.28. The Morgan fingerprint density at radius 3 is 2.59 bits per heavy atom. The SMILES string of the molecule is [2H][C@@H]1[C@@H](C(=O)O)N(C(=O)OC(C)(C)C)[C@@H]2C[C@]12C. The first-order valence-electron chi connectivity index (χ1n) is 6.32. The van der Waals surface area contributed by atoms with Gasteiger partial charge in [0.1, 0.15) is 11.6 Å². The van der Waals surface area contributed by atoms with E-state index in [1.54, 1.807) is 20.8 Å². The van der Waals surface area contributed by atoms with Gasteiger partial charge in [0.15, 0.2) is 0 Å². The third-order valence-corrected chi connectivity index (χ3v) is 3.27. The zero-order valence-corrected chi connectivity index (χ0v) is 10.6. The van der Waals surface area contributed by atoms with Crippen molar-refractivity contribution in [3.63, 3.8) is 0 Å². The number of carboxylic acid groups (broad SMARTS) is 1. The number of amides is 1. The van der Waals surface area contributed by atoms with Gasteiger partial charge in [-0.3, -0.25) is 4.90 Å². The molecular formula is C12H19NO4. The van der Waals surface area contributed by atoms with Crippen LogP contribution < -0.4 is 0 Å². The van der Waals surface area contributed by atoms with E-state index in [9.17, 15) is 14.7 Å². The molecule has 1 heterocycles. The summed E-state index contributed by atoms with van der Waals surface area (Å²) < 4.78 is 13.2. The number of carbonyl (C=O) groups is 2. The standard InChI is InChI=1S/C12H19NO4/c1-11(2,3)17-10(16)13-7(9(14)15)5-12(4)6-8(12)13/h7-8H,5-6H2,1-4H3,(H,14,15)/t7-,8+,12-/m0/s1/i5D/t5-,7+,8-,12+/m1. The summed E-state index contributed by atoms with van der Waals surface area (Å²) in [5, 5.41) is 9.18. The van der Waals surface area contributed by atoms with Crippen LogP contribution in [0.2, 0.25) is 0 Å². The normalized spacial score (nSPS) is 40.6. The predicted octanol–water partition coefficient (Wildman–Crippen LogP) is 1.86. The van der Waals surface area contributed by atoms with Crippen molar-refractivity contribution in [2.75, 3.05) is 0 Å². The summed E-state index contributed by atoms with van der Waals surface area (Å²) in [5.74, 6) is -1.13. The molecule has 0 radical (unpaired) electrons. The van der Waals surface area contributed by atoms with Crippen LogP contribution in [0.5, 0.6) is 0 Å². The van der Waals surface area contributed by atoms with Gasteiger partial charge >= 0.3 is 12.1 Å². The van der Waals surface area contributed by atoms with Crippen molar-refractivity contribution in [1.29, 1.82) is 0 Å². The van der Waals surface area contributed by atoms with Crippen LogP contribution in [0, 0.1) is 5.41 Å². The van der Waals surface area contributed by atoms with Gasteiger partial charge in [0.2, 0.25) is 0 Å². The molecule has 2 fully saturated rings. The maximum Gasteiger partial charge on any atom is 0.411 e. The molecule has 2 aliphatic rings. The highest BCUT2D eigenvalue weighted by atomic mass is 16.6. The van der Waals surface area contributed by atoms with Crippen LogP contribution in [0.3, 0.4) is 0 Å². The lowest BCUT2D eigenvalue weighted by atomic mass is 10.0. The molecule has 4 atom stereocenters. The van der Waals surface area contributed by atoms with Gasteiger partial charge < -0.3 is 9.84 Å². The number of likely N-dealkylation sites (tertiary alicyclic amines) is 1. The van der Waals surface area contributed by atoms with Crippen molar-refractivity contribution in [3.05, 3.63) is 0 Å². The number of aliphatic carboxylic acids is 1. The monoisotopic (exact) mass is 242 g/mol. The molecule has 0 aromatic rings. The Morgan fingerprint density at radius 1 is 1.53 bits per heavy atom. The second-order valence-corrected chi connectivity index (χ2v) is 6.06. The van der Waals surface area contributed by atoms with E-state index in [2.05, 4.69) is 0 Å². The fraction of sp³-hybridized carbons (Fsp3) is 0.833. The van der Waals surface area contributed by atoms with E-state index >= 15 is 0 Å². The fourth-order valence-corrected chi connectivity index (χ4v) is 2.33. The van der Waals surface area contributed by atoms with Crippen LogP contribution in [0.4, 0.5) is 4.79 Å². The molecule has 0 unspecified atom stereocenters. The van der Waals surface area contributed by atoms with E-state index in [4.69, 9.17) is 6.11 Å². The number of piperidine rings is 1. The molecular weight excluding hydrogens is 222 g/mol. The molecule has 0 spiro atoms. The number of hydrogen-bond acceptors (Lipinski definition) is 3. The molecule has 0 aromatic heterocycles. The number of fused-ring (bicyclic) bond motifs is 1. The minimum Gasteiger partial charge on any atom is -0.480 e. The second kappa shape index (κ2) is 3.37. The van der Waals surface area contributed by atoms with Gasteiger partial charge in [-0.1, -0.05) is 6.92 Å². The minimum absolute atomic E-state index is 0.170. The Hall–Kier alpha value is -1.26. The van der Waals surface area contributed by atoms with Gasteiger partial charge in [0.25, 0.3) is 0 Å². The molecule has 17 heavy (non-hydrogen) atoms. The Morgan fingerprint density at radius 2 is 2.12 bits per heavy atom. The molecule has 1 aliphatic carbocycles. The van der Waals surface area contributed by atoms with Gasteiger partial charge in [-0.25, -0.2) is 9.59 Å². The molecule has 5 nitrogen and oxygen atoms in total. The number of hydrogen-bond donors (Lipinski definition) is 1. The van der Waals surface area contributed by atoms with E-state index < -0.39 is 30.1 Å². The first-order chi connectivity index (χ1) is 8.08. The van der Waals surface area contributed by atoms with Crippen LogP contribution in [-0.2, 0) is 9.53 Å². The Bertz CT molecular complexity index is 405. The van der Waals surface area contributed by atoms with Gasteiger partial charge in [-0.2, -0.15) is 0 Å². The molecule has 1 amide bonds. The van der Waals surface area contributed by atoms with Crippen LogP contribution in [0.15, 0.2) is 0 Å². The summed E-state index contributed by atoms with van der Waals surface area (Å²) >= 11 is 0. The summed E-state index contributed by atoms with van der Waals surface area (Å²) in [5.41, 5.74) is -1.05. The number of ether oxygens (including phenoxy) is 1. The molecule has 96 valence electrons. The second-order valence-electron chi connectivity index (χ2n) is 6.06. The lowest BCUT2D eigenvalue weighted by molar-refractivity contribution is -0.142. The van der Waals surface area contributed by atoms with Gasteiger partial charge in [0, 0.05) is 7.41 Å². The highest BCUT2D eigenvalue weighted by Gasteiger charge is 2.65. The van der Waals surface area contributed by atoms with Gasteiger partial charge in [0.05, 0.1) is 0 Å². The maximum absolute atomic E-state index is 12.1. The first-order valence-corrected chi connectivity index (χ1v) is 5.74. The van der Waals surface area contributed by atoms with Gasteiger partial charge in [-0.15, -0.1) is 0 Å². The number of nitrogens with zero attached hydrogens (tertiary/aromatic N) is 1. The molecule has 1 aliphatic heterocycles. The third kappa shape index (κ3) is 2.10.